The lowest BCUT2D eigenvalue weighted by atomic mass is 10.0. The molecule has 27 heavy (non-hydrogen) atoms. The van der Waals surface area contributed by atoms with Crippen LogP contribution in [0.1, 0.15) is 44.9 Å². The first kappa shape index (κ1) is 18.2. The maximum atomic E-state index is 12.2. The summed E-state index contributed by atoms with van der Waals surface area (Å²) >= 11 is 0. The van der Waals surface area contributed by atoms with Gasteiger partial charge in [-0.2, -0.15) is 0 Å². The lowest BCUT2D eigenvalue weighted by Crippen LogP contribution is -2.45. The Balaban J connectivity index is 1.23. The molecule has 3 heterocycles. The Bertz CT molecular complexity index is 829. The number of fused-ring (bicyclic) bond motifs is 1. The molecule has 2 fully saturated rings. The molecule has 1 amide bonds. The second-order valence-electron chi connectivity index (χ2n) is 7.88. The molecule has 1 N–H and O–H groups in total. The number of nitrogens with zero attached hydrogens (tertiary/aromatic N) is 3. The lowest BCUT2D eigenvalue weighted by Gasteiger charge is -2.32. The van der Waals surface area contributed by atoms with Crippen molar-refractivity contribution in [1.29, 1.82) is 0 Å². The summed E-state index contributed by atoms with van der Waals surface area (Å²) in [6, 6.07) is 3.82. The van der Waals surface area contributed by atoms with Gasteiger partial charge in [0.05, 0.1) is 0 Å². The molecule has 146 valence electrons. The molecule has 1 aliphatic heterocycles. The van der Waals surface area contributed by atoms with Gasteiger partial charge in [0.1, 0.15) is 0 Å². The van der Waals surface area contributed by atoms with Gasteiger partial charge in [0, 0.05) is 44.8 Å². The third-order valence-electron chi connectivity index (χ3n) is 5.97. The Morgan fingerprint density at radius 3 is 2.74 bits per heavy atom. The van der Waals surface area contributed by atoms with E-state index in [9.17, 15) is 9.59 Å². The van der Waals surface area contributed by atoms with Crippen LogP contribution in [0.3, 0.4) is 0 Å². The topological polar surface area (TPSA) is 80.4 Å². The molecule has 0 radical (unpaired) electrons. The van der Waals surface area contributed by atoms with Gasteiger partial charge in [0.15, 0.2) is 11.2 Å². The molecule has 1 aliphatic carbocycles. The quantitative estimate of drug-likeness (QED) is 0.840. The van der Waals surface area contributed by atoms with Gasteiger partial charge in [0.2, 0.25) is 5.91 Å². The Morgan fingerprint density at radius 1 is 1.19 bits per heavy atom. The SMILES string of the molecule is O=C(CC1CCCC1)NC1CCN(CCn2c(=O)oc3cccnc32)CC1. The fraction of sp³-hybridized carbons (Fsp3) is 0.650. The Hall–Kier alpha value is -2.15. The molecule has 0 spiro atoms. The van der Waals surface area contributed by atoms with E-state index in [0.717, 1.165) is 32.5 Å². The molecule has 0 atom stereocenters. The predicted octanol–water partition coefficient (Wildman–Crippen LogP) is 2.15. The summed E-state index contributed by atoms with van der Waals surface area (Å²) in [5.74, 6) is 0.474. The highest BCUT2D eigenvalue weighted by molar-refractivity contribution is 5.76. The smallest absolute Gasteiger partial charge is 0.406 e. The first-order valence-electron chi connectivity index (χ1n) is 10.1. The standard InChI is InChI=1S/C20H28N4O3/c25-18(14-15-4-1-2-5-15)22-16-7-10-23(11-8-16)12-13-24-19-17(27-20(24)26)6-3-9-21-19/h3,6,9,15-16H,1-2,4-5,7-8,10-14H2,(H,22,25). The van der Waals surface area contributed by atoms with Crippen molar-refractivity contribution in [2.24, 2.45) is 5.92 Å². The van der Waals surface area contributed by atoms with E-state index in [1.165, 1.54) is 25.7 Å². The summed E-state index contributed by atoms with van der Waals surface area (Å²) in [5.41, 5.74) is 1.14. The van der Waals surface area contributed by atoms with Crippen LogP contribution < -0.4 is 11.1 Å². The summed E-state index contributed by atoms with van der Waals surface area (Å²) in [6.45, 7) is 3.23. The third kappa shape index (κ3) is 4.40. The molecular weight excluding hydrogens is 344 g/mol. The molecule has 1 saturated carbocycles. The van der Waals surface area contributed by atoms with Crippen LogP contribution in [0.5, 0.6) is 0 Å². The number of hydrogen-bond acceptors (Lipinski definition) is 5. The van der Waals surface area contributed by atoms with E-state index in [1.54, 1.807) is 22.9 Å². The molecule has 1 saturated heterocycles. The van der Waals surface area contributed by atoms with E-state index in [4.69, 9.17) is 4.42 Å². The summed E-state index contributed by atoms with van der Waals surface area (Å²) in [5, 5.41) is 3.22. The molecule has 2 aromatic heterocycles. The van der Waals surface area contributed by atoms with Crippen molar-refractivity contribution < 1.29 is 9.21 Å². The fourth-order valence-electron chi connectivity index (χ4n) is 4.40. The number of oxazole rings is 1. The first-order valence-corrected chi connectivity index (χ1v) is 10.1. The van der Waals surface area contributed by atoms with Crippen LogP contribution in [0.15, 0.2) is 27.5 Å². The molecule has 7 nitrogen and oxygen atoms in total. The van der Waals surface area contributed by atoms with Crippen molar-refractivity contribution >= 4 is 17.1 Å². The third-order valence-corrected chi connectivity index (χ3v) is 5.97. The van der Waals surface area contributed by atoms with E-state index >= 15 is 0 Å². The first-order chi connectivity index (χ1) is 13.2. The van der Waals surface area contributed by atoms with Gasteiger partial charge in [-0.3, -0.25) is 9.36 Å². The summed E-state index contributed by atoms with van der Waals surface area (Å²) in [6.07, 6.45) is 9.29. The number of carbonyl (C=O) groups excluding carboxylic acids is 1. The van der Waals surface area contributed by atoms with E-state index < -0.39 is 0 Å². The predicted molar refractivity (Wildman–Crippen MR) is 102 cm³/mol. The molecule has 2 aromatic rings. The molecule has 2 aliphatic rings. The van der Waals surface area contributed by atoms with Crippen LogP contribution in [-0.2, 0) is 11.3 Å². The molecule has 0 aromatic carbocycles. The number of rotatable bonds is 6. The minimum atomic E-state index is -0.349. The number of pyridine rings is 1. The minimum Gasteiger partial charge on any atom is -0.406 e. The lowest BCUT2D eigenvalue weighted by molar-refractivity contribution is -0.123. The second-order valence-corrected chi connectivity index (χ2v) is 7.88. The average Bonchev–Trinajstić information content (AvgIpc) is 3.28. The van der Waals surface area contributed by atoms with Gasteiger partial charge in [-0.25, -0.2) is 9.78 Å². The number of piperidine rings is 1. The Kier molecular flexibility index (Phi) is 5.57. The van der Waals surface area contributed by atoms with Crippen LogP contribution in [0.2, 0.25) is 0 Å². The normalized spacial score (nSPS) is 19.7. The van der Waals surface area contributed by atoms with Crippen LogP contribution in [-0.4, -0.2) is 46.0 Å². The Morgan fingerprint density at radius 2 is 1.96 bits per heavy atom. The molecule has 4 rings (SSSR count). The van der Waals surface area contributed by atoms with Gasteiger partial charge in [-0.1, -0.05) is 12.8 Å². The number of aromatic nitrogens is 2. The molecule has 0 bridgehead atoms. The van der Waals surface area contributed by atoms with Crippen molar-refractivity contribution in [3.05, 3.63) is 28.9 Å². The summed E-state index contributed by atoms with van der Waals surface area (Å²) in [4.78, 5) is 30.8. The van der Waals surface area contributed by atoms with Gasteiger partial charge in [-0.05, 0) is 43.7 Å². The maximum absolute atomic E-state index is 12.2. The maximum Gasteiger partial charge on any atom is 0.421 e. The highest BCUT2D eigenvalue weighted by Gasteiger charge is 2.23. The zero-order valence-corrected chi connectivity index (χ0v) is 15.7. The fourth-order valence-corrected chi connectivity index (χ4v) is 4.40. The van der Waals surface area contributed by atoms with Crippen molar-refractivity contribution in [3.63, 3.8) is 0 Å². The molecule has 7 heteroatoms. The van der Waals surface area contributed by atoms with Crippen LogP contribution in [0.4, 0.5) is 0 Å². The van der Waals surface area contributed by atoms with E-state index in [0.29, 0.717) is 30.1 Å². The van der Waals surface area contributed by atoms with E-state index in [-0.39, 0.29) is 17.7 Å². The van der Waals surface area contributed by atoms with Crippen LogP contribution >= 0.6 is 0 Å². The van der Waals surface area contributed by atoms with Crippen molar-refractivity contribution in [2.75, 3.05) is 19.6 Å². The molecular formula is C20H28N4O3. The van der Waals surface area contributed by atoms with Crippen LogP contribution in [0.25, 0.3) is 11.2 Å². The minimum absolute atomic E-state index is 0.225. The van der Waals surface area contributed by atoms with Gasteiger partial charge in [0.25, 0.3) is 0 Å². The van der Waals surface area contributed by atoms with Crippen molar-refractivity contribution in [1.82, 2.24) is 19.8 Å². The monoisotopic (exact) mass is 372 g/mol. The van der Waals surface area contributed by atoms with Crippen molar-refractivity contribution in [2.45, 2.75) is 57.5 Å². The average molecular weight is 372 g/mol. The van der Waals surface area contributed by atoms with E-state index in [1.807, 2.05) is 0 Å². The molecule has 0 unspecified atom stereocenters. The number of carbonyl (C=O) groups is 1. The zero-order valence-electron chi connectivity index (χ0n) is 15.7. The number of nitrogens with one attached hydrogen (secondary N) is 1. The van der Waals surface area contributed by atoms with Crippen molar-refractivity contribution in [3.8, 4) is 0 Å². The van der Waals surface area contributed by atoms with Crippen LogP contribution in [0, 0.1) is 5.92 Å². The Labute approximate surface area is 158 Å². The highest BCUT2D eigenvalue weighted by atomic mass is 16.4. The van der Waals surface area contributed by atoms with Gasteiger partial charge < -0.3 is 14.6 Å². The van der Waals surface area contributed by atoms with Gasteiger partial charge >= 0.3 is 5.76 Å². The highest BCUT2D eigenvalue weighted by Crippen LogP contribution is 2.27. The largest absolute Gasteiger partial charge is 0.421 e. The number of hydrogen-bond donors (Lipinski definition) is 1. The van der Waals surface area contributed by atoms with Gasteiger partial charge in [-0.15, -0.1) is 0 Å². The zero-order chi connectivity index (χ0) is 18.6. The number of likely N-dealkylation sites (tertiary alicyclic amines) is 1. The summed E-state index contributed by atoms with van der Waals surface area (Å²) in [7, 11) is 0. The summed E-state index contributed by atoms with van der Waals surface area (Å²) < 4.78 is 6.84. The number of amides is 1. The second kappa shape index (κ2) is 8.25. The van der Waals surface area contributed by atoms with E-state index in [2.05, 4.69) is 15.2 Å².